The van der Waals surface area contributed by atoms with E-state index in [0.717, 1.165) is 66.8 Å². The predicted molar refractivity (Wildman–Crippen MR) is 307 cm³/mol. The van der Waals surface area contributed by atoms with Crippen LogP contribution in [0.4, 0.5) is 0 Å². The number of phenols is 6. The second-order valence-corrected chi connectivity index (χ2v) is 22.2. The lowest BCUT2D eigenvalue weighted by atomic mass is 9.98. The fourth-order valence-corrected chi connectivity index (χ4v) is 10.1. The lowest BCUT2D eigenvalue weighted by Gasteiger charge is -2.41. The number of esters is 3. The Hall–Kier alpha value is -8.90. The summed E-state index contributed by atoms with van der Waals surface area (Å²) in [7, 11) is 0. The van der Waals surface area contributed by atoms with Crippen LogP contribution in [-0.2, 0) is 57.1 Å². The van der Waals surface area contributed by atoms with Gasteiger partial charge in [0, 0.05) is 29.8 Å². The number of rotatable bonds is 22. The van der Waals surface area contributed by atoms with Gasteiger partial charge in [-0.25, -0.2) is 9.59 Å². The average Bonchev–Trinajstić information content (AvgIpc) is 0.763. The van der Waals surface area contributed by atoms with Crippen LogP contribution in [0.2, 0.25) is 0 Å². The zero-order valence-corrected chi connectivity index (χ0v) is 49.3. The number of fused-ring (bicyclic) bond motifs is 1. The SMILES string of the molecule is O=C(O)CC(=O)OCC1OC(Oc2cc(O)cc3c2C=C(OC2OC(COC(=O)C=Cc4ccc(OC5OC(COC(=O)C=Cc6ccc(OC7OC(CO)C(O)C(O)C7O)c(O)c6)C(O)C(O)C5O)c(O)c4)C(O)C(O)C2O)C(c2cc(O)c(O)c(O)c2)O3)C(O)C(O)C1O. The number of hydrogen-bond donors (Lipinski definition) is 20. The summed E-state index contributed by atoms with van der Waals surface area (Å²) in [5, 5.41) is 209. The number of ether oxygens (including phenoxy) is 12. The van der Waals surface area contributed by atoms with Crippen molar-refractivity contribution in [2.75, 3.05) is 26.4 Å². The van der Waals surface area contributed by atoms with Crippen molar-refractivity contribution in [1.82, 2.24) is 0 Å². The van der Waals surface area contributed by atoms with Crippen LogP contribution in [0.5, 0.6) is 57.5 Å². The molecule has 36 nitrogen and oxygen atoms in total. The third-order valence-corrected chi connectivity index (χ3v) is 15.4. The van der Waals surface area contributed by atoms with Gasteiger partial charge >= 0.3 is 23.9 Å². The number of carboxylic acid groups (broad SMARTS) is 1. The van der Waals surface area contributed by atoms with Gasteiger partial charge in [-0.3, -0.25) is 9.59 Å². The molecule has 5 heterocycles. The summed E-state index contributed by atoms with van der Waals surface area (Å²) >= 11 is 0. The Morgan fingerprint density at radius 3 is 1.28 bits per heavy atom. The molecule has 4 saturated heterocycles. The highest BCUT2D eigenvalue weighted by Crippen LogP contribution is 2.48. The molecule has 0 aliphatic carbocycles. The quantitative estimate of drug-likeness (QED) is 0.0116. The Labute approximate surface area is 539 Å². The number of carbonyl (C=O) groups excluding carboxylic acids is 3. The molecular weight excluding hydrogens is 1300 g/mol. The van der Waals surface area contributed by atoms with E-state index in [0.29, 0.717) is 0 Å². The van der Waals surface area contributed by atoms with E-state index in [1.165, 1.54) is 24.3 Å². The van der Waals surface area contributed by atoms with E-state index in [-0.39, 0.29) is 39.5 Å². The Balaban J connectivity index is 0.814. The number of carboxylic acids is 1. The van der Waals surface area contributed by atoms with Crippen LogP contribution in [0.3, 0.4) is 0 Å². The van der Waals surface area contributed by atoms with Crippen LogP contribution in [0.1, 0.15) is 34.8 Å². The van der Waals surface area contributed by atoms with E-state index < -0.39 is 232 Å². The maximum absolute atomic E-state index is 13.1. The minimum absolute atomic E-state index is 0.113. The van der Waals surface area contributed by atoms with Crippen molar-refractivity contribution in [3.8, 4) is 57.5 Å². The molecule has 36 heteroatoms. The molecule has 9 rings (SSSR count). The molecule has 4 aromatic carbocycles. The Bertz CT molecular complexity index is 3510. The van der Waals surface area contributed by atoms with Crippen LogP contribution in [0, 0.1) is 0 Å². The van der Waals surface area contributed by atoms with Crippen molar-refractivity contribution in [2.24, 2.45) is 0 Å². The second-order valence-electron chi connectivity index (χ2n) is 22.2. The molecule has 0 spiro atoms. The van der Waals surface area contributed by atoms with Gasteiger partial charge in [0.15, 0.2) is 46.4 Å². The minimum atomic E-state index is -2.13. The first-order valence-electron chi connectivity index (χ1n) is 28.8. The molecule has 5 aliphatic rings. The van der Waals surface area contributed by atoms with E-state index in [2.05, 4.69) is 0 Å². The van der Waals surface area contributed by atoms with Gasteiger partial charge in [-0.2, -0.15) is 0 Å². The smallest absolute Gasteiger partial charge is 0.330 e. The first kappa shape index (κ1) is 71.4. The monoisotopic (exact) mass is 1360 g/mol. The molecule has 4 aromatic rings. The van der Waals surface area contributed by atoms with Crippen molar-refractivity contribution in [3.63, 3.8) is 0 Å². The molecule has 5 aliphatic heterocycles. The van der Waals surface area contributed by atoms with Crippen molar-refractivity contribution in [3.05, 3.63) is 101 Å². The highest BCUT2D eigenvalue weighted by atomic mass is 16.7. The summed E-state index contributed by atoms with van der Waals surface area (Å²) in [6, 6.07) is 11.0. The van der Waals surface area contributed by atoms with Crippen molar-refractivity contribution in [2.45, 2.75) is 135 Å². The van der Waals surface area contributed by atoms with Crippen molar-refractivity contribution >= 4 is 42.1 Å². The number of phenolic OH excluding ortho intramolecular Hbond substituents is 6. The number of hydrogen-bond acceptors (Lipinski definition) is 35. The lowest BCUT2D eigenvalue weighted by Crippen LogP contribution is -2.60. The summed E-state index contributed by atoms with van der Waals surface area (Å²) in [5.74, 6) is -11.1. The molecule has 0 aromatic heterocycles. The molecule has 0 amide bonds. The fraction of sp³-hybridized carbons (Fsp3) is 0.433. The summed E-state index contributed by atoms with van der Waals surface area (Å²) in [4.78, 5) is 48.7. The van der Waals surface area contributed by atoms with Gasteiger partial charge < -0.3 is 159 Å². The van der Waals surface area contributed by atoms with E-state index in [9.17, 15) is 116 Å². The fourth-order valence-electron chi connectivity index (χ4n) is 10.1. The Morgan fingerprint density at radius 2 is 0.854 bits per heavy atom. The maximum atomic E-state index is 13.1. The number of benzene rings is 4. The lowest BCUT2D eigenvalue weighted by molar-refractivity contribution is -0.294. The molecule has 20 N–H and O–H groups in total. The van der Waals surface area contributed by atoms with E-state index in [1.807, 2.05) is 0 Å². The van der Waals surface area contributed by atoms with Crippen LogP contribution < -0.4 is 18.9 Å². The summed E-state index contributed by atoms with van der Waals surface area (Å²) in [6.45, 7) is -3.14. The van der Waals surface area contributed by atoms with E-state index >= 15 is 0 Å². The summed E-state index contributed by atoms with van der Waals surface area (Å²) < 4.78 is 66.6. The van der Waals surface area contributed by atoms with Crippen LogP contribution in [0.15, 0.2) is 78.6 Å². The summed E-state index contributed by atoms with van der Waals surface area (Å²) in [6.07, 6.45) is -34.2. The molecule has 522 valence electrons. The number of carbonyl (C=O) groups is 4. The third-order valence-electron chi connectivity index (χ3n) is 15.4. The maximum Gasteiger partial charge on any atom is 0.330 e. The first-order chi connectivity index (χ1) is 45.5. The second kappa shape index (κ2) is 30.4. The highest BCUT2D eigenvalue weighted by Gasteiger charge is 2.50. The molecule has 4 fully saturated rings. The first-order valence-corrected chi connectivity index (χ1v) is 28.8. The standard InChI is InChI=1S/C60H66O36/c61-17-35-44(73)48(77)52(81)57(93-35)89-30-5-1-21(9-26(30)63)3-7-40(69)85-18-36-45(74)49(78)53(82)58(94-36)90-31-6-2-22(10-27(31)64)4-8-41(70)86-19-37-46(75)51(80)55(84)60(96-37)92-34-15-25-32(88-56(34)23-11-28(65)43(72)29(66)12-23)13-24(62)14-33(25)91-59-54(83)50(79)47(76)38(95-59)20-87-42(71)16-39(67)68/h1-15,35-38,44-66,72-84H,16-20H2,(H,67,68). The minimum Gasteiger partial charge on any atom is -0.508 e. The van der Waals surface area contributed by atoms with Crippen LogP contribution in [-0.4, -0.2) is 275 Å². The largest absolute Gasteiger partial charge is 0.508 e. The van der Waals surface area contributed by atoms with Crippen LogP contribution >= 0.6 is 0 Å². The van der Waals surface area contributed by atoms with Crippen molar-refractivity contribution < 1.29 is 178 Å². The molecule has 21 atom stereocenters. The zero-order valence-electron chi connectivity index (χ0n) is 49.3. The van der Waals surface area contributed by atoms with Gasteiger partial charge in [0.05, 0.1) is 12.2 Å². The van der Waals surface area contributed by atoms with Crippen LogP contribution in [0.25, 0.3) is 18.2 Å². The summed E-state index contributed by atoms with van der Waals surface area (Å²) in [5.41, 5.74) is -0.0572. The van der Waals surface area contributed by atoms with Gasteiger partial charge in [-0.1, -0.05) is 12.1 Å². The van der Waals surface area contributed by atoms with Gasteiger partial charge in [-0.15, -0.1) is 0 Å². The molecular formula is C60H66O36. The molecule has 0 saturated carbocycles. The normalized spacial score (nSPS) is 32.1. The van der Waals surface area contributed by atoms with Gasteiger partial charge in [-0.05, 0) is 65.8 Å². The zero-order chi connectivity index (χ0) is 69.7. The van der Waals surface area contributed by atoms with Gasteiger partial charge in [0.2, 0.25) is 25.2 Å². The Kier molecular flexibility index (Phi) is 22.6. The number of aliphatic carboxylic acids is 1. The number of aromatic hydroxyl groups is 6. The molecule has 0 radical (unpaired) electrons. The predicted octanol–water partition coefficient (Wildman–Crippen LogP) is -4.70. The van der Waals surface area contributed by atoms with Gasteiger partial charge in [0.25, 0.3) is 0 Å². The van der Waals surface area contributed by atoms with Crippen molar-refractivity contribution in [1.29, 1.82) is 0 Å². The Morgan fingerprint density at radius 1 is 0.448 bits per heavy atom. The van der Waals surface area contributed by atoms with E-state index in [1.54, 1.807) is 0 Å². The third kappa shape index (κ3) is 16.3. The number of aliphatic hydroxyl groups excluding tert-OH is 13. The number of aliphatic hydroxyl groups is 13. The molecule has 21 unspecified atom stereocenters. The highest BCUT2D eigenvalue weighted by molar-refractivity contribution is 5.90. The van der Waals surface area contributed by atoms with Gasteiger partial charge in [0.1, 0.15) is 147 Å². The average molecular weight is 1360 g/mol. The molecule has 96 heavy (non-hydrogen) atoms. The molecule has 0 bridgehead atoms. The van der Waals surface area contributed by atoms with E-state index in [4.69, 9.17) is 61.9 Å². The topological polar surface area (TPSA) is 584 Å².